The summed E-state index contributed by atoms with van der Waals surface area (Å²) in [5.41, 5.74) is 6.44. The van der Waals surface area contributed by atoms with Gasteiger partial charge in [0.1, 0.15) is 0 Å². The molecule has 0 saturated carbocycles. The van der Waals surface area contributed by atoms with Gasteiger partial charge in [-0.3, -0.25) is 4.79 Å². The number of hydrogen-bond donors (Lipinski definition) is 2. The van der Waals surface area contributed by atoms with E-state index in [1.165, 1.54) is 11.3 Å². The number of rotatable bonds is 4. The summed E-state index contributed by atoms with van der Waals surface area (Å²) in [6.45, 7) is 2.01. The quantitative estimate of drug-likeness (QED) is 0.664. The van der Waals surface area contributed by atoms with Crippen LogP contribution >= 0.6 is 11.3 Å². The van der Waals surface area contributed by atoms with Gasteiger partial charge >= 0.3 is 0 Å². The Morgan fingerprint density at radius 2 is 2.32 bits per heavy atom. The molecule has 0 fully saturated rings. The summed E-state index contributed by atoms with van der Waals surface area (Å²) in [5, 5.41) is 3.96. The van der Waals surface area contributed by atoms with Crippen LogP contribution in [0, 0.1) is 12.3 Å². The third-order valence-corrected chi connectivity index (χ3v) is 4.07. The Labute approximate surface area is 116 Å². The molecule has 0 spiro atoms. The van der Waals surface area contributed by atoms with Crippen LogP contribution in [-0.4, -0.2) is 11.9 Å². The van der Waals surface area contributed by atoms with E-state index in [9.17, 15) is 4.79 Å². The SMILES string of the molecule is C#CCC(CC)NC(=O)c1cc2cc(N)ccc2s1. The summed E-state index contributed by atoms with van der Waals surface area (Å²) in [6, 6.07) is 7.56. The van der Waals surface area contributed by atoms with Crippen molar-refractivity contribution in [3.8, 4) is 12.3 Å². The number of carbonyl (C=O) groups is 1. The largest absolute Gasteiger partial charge is 0.399 e. The first-order valence-corrected chi connectivity index (χ1v) is 6.99. The van der Waals surface area contributed by atoms with Crippen LogP contribution in [0.3, 0.4) is 0 Å². The lowest BCUT2D eigenvalue weighted by molar-refractivity contribution is 0.0941. The van der Waals surface area contributed by atoms with E-state index in [1.54, 1.807) is 0 Å². The summed E-state index contributed by atoms with van der Waals surface area (Å²) in [7, 11) is 0. The lowest BCUT2D eigenvalue weighted by atomic mass is 10.1. The summed E-state index contributed by atoms with van der Waals surface area (Å²) < 4.78 is 1.06. The third-order valence-electron chi connectivity index (χ3n) is 2.96. The zero-order chi connectivity index (χ0) is 13.8. The number of nitrogen functional groups attached to an aromatic ring is 1. The van der Waals surface area contributed by atoms with Crippen molar-refractivity contribution in [2.75, 3.05) is 5.73 Å². The normalized spacial score (nSPS) is 12.0. The molecule has 0 radical (unpaired) electrons. The molecule has 3 N–H and O–H groups in total. The molecule has 0 aliphatic rings. The number of fused-ring (bicyclic) bond motifs is 1. The molecule has 4 heteroatoms. The summed E-state index contributed by atoms with van der Waals surface area (Å²) in [6.07, 6.45) is 6.67. The number of terminal acetylenes is 1. The Morgan fingerprint density at radius 3 is 3.00 bits per heavy atom. The number of hydrogen-bond acceptors (Lipinski definition) is 3. The van der Waals surface area contributed by atoms with Crippen molar-refractivity contribution in [3.05, 3.63) is 29.1 Å². The summed E-state index contributed by atoms with van der Waals surface area (Å²) >= 11 is 1.47. The number of anilines is 1. The maximum atomic E-state index is 12.1. The van der Waals surface area contributed by atoms with Crippen molar-refractivity contribution in [2.24, 2.45) is 0 Å². The number of thiophene rings is 1. The zero-order valence-corrected chi connectivity index (χ0v) is 11.6. The van der Waals surface area contributed by atoms with Crippen LogP contribution in [0.5, 0.6) is 0 Å². The van der Waals surface area contributed by atoms with Gasteiger partial charge in [-0.25, -0.2) is 0 Å². The fraction of sp³-hybridized carbons (Fsp3) is 0.267. The Balaban J connectivity index is 2.19. The Bertz CT molecular complexity index is 639. The Kier molecular flexibility index (Phi) is 4.08. The highest BCUT2D eigenvalue weighted by Crippen LogP contribution is 2.27. The van der Waals surface area contributed by atoms with E-state index in [-0.39, 0.29) is 11.9 Å². The lowest BCUT2D eigenvalue weighted by Gasteiger charge is -2.12. The van der Waals surface area contributed by atoms with Gasteiger partial charge in [0.15, 0.2) is 0 Å². The van der Waals surface area contributed by atoms with Gasteiger partial charge in [-0.1, -0.05) is 6.92 Å². The molecule has 1 atom stereocenters. The first-order chi connectivity index (χ1) is 9.13. The van der Waals surface area contributed by atoms with Crippen LogP contribution in [0.1, 0.15) is 29.4 Å². The molecular formula is C15H16N2OS. The van der Waals surface area contributed by atoms with Crippen LogP contribution in [0.4, 0.5) is 5.69 Å². The minimum Gasteiger partial charge on any atom is -0.399 e. The van der Waals surface area contributed by atoms with Gasteiger partial charge in [-0.05, 0) is 36.1 Å². The molecule has 0 aliphatic heterocycles. The van der Waals surface area contributed by atoms with Gasteiger partial charge < -0.3 is 11.1 Å². The smallest absolute Gasteiger partial charge is 0.261 e. The van der Waals surface area contributed by atoms with E-state index in [0.717, 1.165) is 16.5 Å². The molecule has 3 nitrogen and oxygen atoms in total. The highest BCUT2D eigenvalue weighted by molar-refractivity contribution is 7.20. The molecule has 0 aliphatic carbocycles. The topological polar surface area (TPSA) is 55.1 Å². The molecule has 0 bridgehead atoms. The predicted molar refractivity (Wildman–Crippen MR) is 81.2 cm³/mol. The van der Waals surface area contributed by atoms with Gasteiger partial charge in [0.2, 0.25) is 0 Å². The van der Waals surface area contributed by atoms with Gasteiger partial charge in [0, 0.05) is 22.8 Å². The fourth-order valence-corrected chi connectivity index (χ4v) is 2.82. The molecule has 19 heavy (non-hydrogen) atoms. The van der Waals surface area contributed by atoms with Crippen LogP contribution in [0.25, 0.3) is 10.1 Å². The number of amides is 1. The van der Waals surface area contributed by atoms with E-state index < -0.39 is 0 Å². The average Bonchev–Trinajstić information content (AvgIpc) is 2.81. The molecule has 98 valence electrons. The molecule has 1 aromatic heterocycles. The number of benzene rings is 1. The van der Waals surface area contributed by atoms with Crippen molar-refractivity contribution in [1.29, 1.82) is 0 Å². The van der Waals surface area contributed by atoms with E-state index >= 15 is 0 Å². The minimum absolute atomic E-state index is 0.0350. The predicted octanol–water partition coefficient (Wildman–Crippen LogP) is 3.02. The Morgan fingerprint density at radius 1 is 1.53 bits per heavy atom. The highest BCUT2D eigenvalue weighted by atomic mass is 32.1. The molecule has 2 rings (SSSR count). The van der Waals surface area contributed by atoms with Crippen molar-refractivity contribution < 1.29 is 4.79 Å². The summed E-state index contributed by atoms with van der Waals surface area (Å²) in [4.78, 5) is 12.8. The monoisotopic (exact) mass is 272 g/mol. The van der Waals surface area contributed by atoms with E-state index in [0.29, 0.717) is 17.0 Å². The van der Waals surface area contributed by atoms with Crippen molar-refractivity contribution in [3.63, 3.8) is 0 Å². The summed E-state index contributed by atoms with van der Waals surface area (Å²) in [5.74, 6) is 2.51. The lowest BCUT2D eigenvalue weighted by Crippen LogP contribution is -2.33. The molecule has 0 saturated heterocycles. The molecular weight excluding hydrogens is 256 g/mol. The second-order valence-electron chi connectivity index (χ2n) is 4.39. The second kappa shape index (κ2) is 5.77. The molecule has 1 unspecified atom stereocenters. The van der Waals surface area contributed by atoms with E-state index in [2.05, 4.69) is 11.2 Å². The number of nitrogens with two attached hydrogens (primary N) is 1. The van der Waals surface area contributed by atoms with Gasteiger partial charge in [-0.2, -0.15) is 0 Å². The first kappa shape index (κ1) is 13.4. The van der Waals surface area contributed by atoms with Crippen LogP contribution in [0.15, 0.2) is 24.3 Å². The average molecular weight is 272 g/mol. The van der Waals surface area contributed by atoms with Crippen LogP contribution in [-0.2, 0) is 0 Å². The van der Waals surface area contributed by atoms with Gasteiger partial charge in [0.25, 0.3) is 5.91 Å². The van der Waals surface area contributed by atoms with Crippen molar-refractivity contribution in [2.45, 2.75) is 25.8 Å². The second-order valence-corrected chi connectivity index (χ2v) is 5.48. The number of carbonyl (C=O) groups excluding carboxylic acids is 1. The molecule has 1 aromatic carbocycles. The van der Waals surface area contributed by atoms with E-state index in [4.69, 9.17) is 12.2 Å². The van der Waals surface area contributed by atoms with Gasteiger partial charge in [0.05, 0.1) is 4.88 Å². The third kappa shape index (κ3) is 3.07. The first-order valence-electron chi connectivity index (χ1n) is 6.17. The molecule has 2 aromatic rings. The maximum Gasteiger partial charge on any atom is 0.261 e. The molecule has 1 heterocycles. The zero-order valence-electron chi connectivity index (χ0n) is 10.8. The van der Waals surface area contributed by atoms with Crippen LogP contribution in [0.2, 0.25) is 0 Å². The minimum atomic E-state index is -0.0677. The Hall–Kier alpha value is -1.99. The van der Waals surface area contributed by atoms with Crippen LogP contribution < -0.4 is 11.1 Å². The van der Waals surface area contributed by atoms with E-state index in [1.807, 2.05) is 31.2 Å². The number of nitrogens with one attached hydrogen (secondary N) is 1. The standard InChI is InChI=1S/C15H16N2OS/c1-3-5-12(4-2)17-15(18)14-9-10-8-11(16)6-7-13(10)19-14/h1,6-9,12H,4-5,16H2,2H3,(H,17,18). The fourth-order valence-electron chi connectivity index (χ4n) is 1.87. The molecule has 1 amide bonds. The maximum absolute atomic E-state index is 12.1. The van der Waals surface area contributed by atoms with Crippen molar-refractivity contribution >= 4 is 33.0 Å². The highest BCUT2D eigenvalue weighted by Gasteiger charge is 2.14. The van der Waals surface area contributed by atoms with Crippen molar-refractivity contribution in [1.82, 2.24) is 5.32 Å². The van der Waals surface area contributed by atoms with Gasteiger partial charge in [-0.15, -0.1) is 23.7 Å².